The molecular formula is C28H35ClFN3O4. The number of amides is 2. The molecule has 2 aliphatic rings. The number of nitrogens with zero attached hydrogens (tertiary/aromatic N) is 1. The van der Waals surface area contributed by atoms with Crippen LogP contribution in [0.15, 0.2) is 42.5 Å². The average Bonchev–Trinajstić information content (AvgIpc) is 2.89. The Morgan fingerprint density at radius 1 is 1.19 bits per heavy atom. The Kier molecular flexibility index (Phi) is 9.05. The van der Waals surface area contributed by atoms with Crippen LogP contribution < -0.4 is 15.4 Å². The minimum absolute atomic E-state index is 0.0969. The van der Waals surface area contributed by atoms with Gasteiger partial charge in [-0.15, -0.1) is 0 Å². The normalized spacial score (nSPS) is 18.8. The molecule has 2 fully saturated rings. The van der Waals surface area contributed by atoms with Crippen LogP contribution in [0.3, 0.4) is 0 Å². The van der Waals surface area contributed by atoms with Crippen molar-refractivity contribution >= 4 is 29.1 Å². The van der Waals surface area contributed by atoms with E-state index in [2.05, 4.69) is 10.6 Å². The number of hydrogen-bond donors (Lipinski definition) is 3. The second-order valence-electron chi connectivity index (χ2n) is 10.4. The maximum atomic E-state index is 13.3. The van der Waals surface area contributed by atoms with Crippen LogP contribution in [0.25, 0.3) is 0 Å². The number of likely N-dealkylation sites (tertiary alicyclic amines) is 1. The highest BCUT2D eigenvalue weighted by atomic mass is 35.5. The van der Waals surface area contributed by atoms with Gasteiger partial charge in [-0.1, -0.05) is 30.7 Å². The minimum atomic E-state index is -0.744. The zero-order valence-corrected chi connectivity index (χ0v) is 21.9. The van der Waals surface area contributed by atoms with Crippen molar-refractivity contribution < 1.29 is 23.8 Å². The van der Waals surface area contributed by atoms with Crippen LogP contribution in [0.2, 0.25) is 5.02 Å². The predicted molar refractivity (Wildman–Crippen MR) is 141 cm³/mol. The largest absolute Gasteiger partial charge is 0.482 e. The highest BCUT2D eigenvalue weighted by molar-refractivity contribution is 6.31. The molecule has 2 heterocycles. The van der Waals surface area contributed by atoms with Gasteiger partial charge >= 0.3 is 0 Å². The van der Waals surface area contributed by atoms with Gasteiger partial charge in [0.1, 0.15) is 11.6 Å². The fourth-order valence-corrected chi connectivity index (χ4v) is 5.27. The third-order valence-corrected chi connectivity index (χ3v) is 7.84. The topological polar surface area (TPSA) is 90.9 Å². The van der Waals surface area contributed by atoms with Gasteiger partial charge in [-0.05, 0) is 80.6 Å². The molecule has 9 heteroatoms. The van der Waals surface area contributed by atoms with Crippen LogP contribution in [-0.2, 0) is 9.59 Å². The van der Waals surface area contributed by atoms with Crippen molar-refractivity contribution in [2.45, 2.75) is 45.1 Å². The van der Waals surface area contributed by atoms with Gasteiger partial charge in [0.2, 0.25) is 5.91 Å². The van der Waals surface area contributed by atoms with E-state index in [-0.39, 0.29) is 24.2 Å². The zero-order valence-electron chi connectivity index (χ0n) is 21.1. The number of rotatable bonds is 8. The smallest absolute Gasteiger partial charge is 0.260 e. The van der Waals surface area contributed by atoms with E-state index in [1.165, 1.54) is 12.1 Å². The molecule has 0 aromatic heterocycles. The van der Waals surface area contributed by atoms with Crippen LogP contribution in [0.1, 0.15) is 50.7 Å². The number of carbonyl (C=O) groups excluding carboxylic acids is 2. The number of anilines is 1. The number of carbonyl (C=O) groups is 2. The lowest BCUT2D eigenvalue weighted by Crippen LogP contribution is -2.45. The SMILES string of the molecule is CC1(C(O)c2ccc(F)cc2)CCN(C(=O)COc2ccc(Cl)cc2NC(=O)CC2CCNCC2)CC1. The number of ether oxygens (including phenoxy) is 1. The first-order chi connectivity index (χ1) is 17.7. The summed E-state index contributed by atoms with van der Waals surface area (Å²) in [5.74, 6) is 0.134. The standard InChI is InChI=1S/C28H35ClFN3O4/c1-28(27(36)20-2-5-22(30)6-3-20)10-14-33(15-11-28)26(35)18-37-24-7-4-21(29)17-23(24)32-25(34)16-19-8-12-31-13-9-19/h2-7,17,19,27,31,36H,8-16,18H2,1H3,(H,32,34). The van der Waals surface area contributed by atoms with Crippen LogP contribution in [0.5, 0.6) is 5.75 Å². The van der Waals surface area contributed by atoms with Crippen molar-refractivity contribution in [3.05, 3.63) is 58.9 Å². The lowest BCUT2D eigenvalue weighted by Gasteiger charge is -2.42. The third kappa shape index (κ3) is 7.21. The third-order valence-electron chi connectivity index (χ3n) is 7.60. The average molecular weight is 532 g/mol. The molecule has 2 aromatic rings. The Balaban J connectivity index is 1.30. The molecule has 200 valence electrons. The van der Waals surface area contributed by atoms with Crippen molar-refractivity contribution in [1.29, 1.82) is 0 Å². The molecule has 2 amide bonds. The Labute approximate surface area is 222 Å². The number of halogens is 2. The van der Waals surface area contributed by atoms with E-state index in [9.17, 15) is 19.1 Å². The molecule has 0 spiro atoms. The Morgan fingerprint density at radius 3 is 2.54 bits per heavy atom. The number of nitrogens with one attached hydrogen (secondary N) is 2. The molecule has 2 saturated heterocycles. The van der Waals surface area contributed by atoms with Crippen molar-refractivity contribution in [2.75, 3.05) is 38.1 Å². The predicted octanol–water partition coefficient (Wildman–Crippen LogP) is 4.55. The fourth-order valence-electron chi connectivity index (χ4n) is 5.09. The summed E-state index contributed by atoms with van der Waals surface area (Å²) in [6.07, 6.45) is 2.84. The number of benzene rings is 2. The van der Waals surface area contributed by atoms with E-state index in [0.29, 0.717) is 60.3 Å². The quantitative estimate of drug-likeness (QED) is 0.465. The Morgan fingerprint density at radius 2 is 1.86 bits per heavy atom. The highest BCUT2D eigenvalue weighted by Gasteiger charge is 2.38. The molecule has 0 saturated carbocycles. The van der Waals surface area contributed by atoms with E-state index < -0.39 is 11.5 Å². The van der Waals surface area contributed by atoms with Gasteiger partial charge in [0.15, 0.2) is 6.61 Å². The van der Waals surface area contributed by atoms with Gasteiger partial charge in [0.05, 0.1) is 11.8 Å². The van der Waals surface area contributed by atoms with Gasteiger partial charge in [0.25, 0.3) is 5.91 Å². The first kappa shape index (κ1) is 27.4. The molecule has 1 atom stereocenters. The lowest BCUT2D eigenvalue weighted by molar-refractivity contribution is -0.137. The highest BCUT2D eigenvalue weighted by Crippen LogP contribution is 2.42. The number of aliphatic hydroxyl groups excluding tert-OH is 1. The fraction of sp³-hybridized carbons (Fsp3) is 0.500. The summed E-state index contributed by atoms with van der Waals surface area (Å²) in [4.78, 5) is 27.2. The number of piperidine rings is 2. The molecule has 0 bridgehead atoms. The van der Waals surface area contributed by atoms with Crippen molar-refractivity contribution in [3.63, 3.8) is 0 Å². The molecule has 7 nitrogen and oxygen atoms in total. The molecule has 0 aliphatic carbocycles. The van der Waals surface area contributed by atoms with Crippen LogP contribution >= 0.6 is 11.6 Å². The maximum Gasteiger partial charge on any atom is 0.260 e. The number of hydrogen-bond acceptors (Lipinski definition) is 5. The molecule has 0 radical (unpaired) electrons. The summed E-state index contributed by atoms with van der Waals surface area (Å²) in [6, 6.07) is 10.8. The van der Waals surface area contributed by atoms with E-state index in [1.807, 2.05) is 6.92 Å². The van der Waals surface area contributed by atoms with Gasteiger partial charge in [-0.3, -0.25) is 9.59 Å². The minimum Gasteiger partial charge on any atom is -0.482 e. The second kappa shape index (κ2) is 12.2. The molecule has 4 rings (SSSR count). The lowest BCUT2D eigenvalue weighted by atomic mass is 9.73. The summed E-state index contributed by atoms with van der Waals surface area (Å²) in [7, 11) is 0. The van der Waals surface area contributed by atoms with Gasteiger partial charge < -0.3 is 25.4 Å². The van der Waals surface area contributed by atoms with Crippen molar-refractivity contribution in [1.82, 2.24) is 10.2 Å². The van der Waals surface area contributed by atoms with Crippen LogP contribution in [0.4, 0.5) is 10.1 Å². The summed E-state index contributed by atoms with van der Waals surface area (Å²) in [6.45, 7) is 4.63. The zero-order chi connectivity index (χ0) is 26.4. The summed E-state index contributed by atoms with van der Waals surface area (Å²) >= 11 is 6.15. The molecule has 37 heavy (non-hydrogen) atoms. The molecule has 3 N–H and O–H groups in total. The van der Waals surface area contributed by atoms with E-state index in [0.717, 1.165) is 25.9 Å². The summed E-state index contributed by atoms with van der Waals surface area (Å²) in [5.41, 5.74) is 0.703. The Hall–Kier alpha value is -2.68. The molecular weight excluding hydrogens is 497 g/mol. The summed E-state index contributed by atoms with van der Waals surface area (Å²) < 4.78 is 19.1. The molecule has 2 aromatic carbocycles. The first-order valence-electron chi connectivity index (χ1n) is 12.9. The van der Waals surface area contributed by atoms with Crippen LogP contribution in [-0.4, -0.2) is 54.6 Å². The van der Waals surface area contributed by atoms with Crippen LogP contribution in [0, 0.1) is 17.2 Å². The monoisotopic (exact) mass is 531 g/mol. The van der Waals surface area contributed by atoms with E-state index >= 15 is 0 Å². The molecule has 2 aliphatic heterocycles. The maximum absolute atomic E-state index is 13.3. The first-order valence-corrected chi connectivity index (χ1v) is 13.3. The van der Waals surface area contributed by atoms with E-state index in [4.69, 9.17) is 16.3 Å². The van der Waals surface area contributed by atoms with Crippen molar-refractivity contribution in [2.24, 2.45) is 11.3 Å². The van der Waals surface area contributed by atoms with Gasteiger partial charge in [0, 0.05) is 29.9 Å². The second-order valence-corrected chi connectivity index (χ2v) is 10.8. The van der Waals surface area contributed by atoms with Gasteiger partial charge in [-0.25, -0.2) is 4.39 Å². The molecule has 1 unspecified atom stereocenters. The summed E-state index contributed by atoms with van der Waals surface area (Å²) in [5, 5.41) is 17.6. The van der Waals surface area contributed by atoms with E-state index in [1.54, 1.807) is 35.2 Å². The van der Waals surface area contributed by atoms with Crippen molar-refractivity contribution in [3.8, 4) is 5.75 Å². The van der Waals surface area contributed by atoms with Gasteiger partial charge in [-0.2, -0.15) is 0 Å². The Bertz CT molecular complexity index is 1080. The number of aliphatic hydroxyl groups is 1.